The lowest BCUT2D eigenvalue weighted by atomic mass is 10.1. The summed E-state index contributed by atoms with van der Waals surface area (Å²) in [4.78, 5) is 8.78. The maximum absolute atomic E-state index is 5.91. The van der Waals surface area contributed by atoms with Gasteiger partial charge in [0.25, 0.3) is 0 Å². The molecule has 1 aromatic carbocycles. The van der Waals surface area contributed by atoms with Gasteiger partial charge in [0.2, 0.25) is 5.89 Å². The number of hydrogen-bond donors (Lipinski definition) is 1. The maximum Gasteiger partial charge on any atom is 0.208 e. The molecular weight excluding hydrogens is 326 g/mol. The standard InChI is InChI=1S/C17H18ClN5O/c1-11-21-16-7-6-14(10-23(16)22-11)19-9-17-20-8-15(24-17)12-2-4-13(18)5-3-12/h2-5,8,14,19H,6-7,9-10H2,1H3/t14-/m0/s1. The number of aryl methyl sites for hydroxylation is 2. The number of nitrogens with one attached hydrogen (secondary N) is 1. The summed E-state index contributed by atoms with van der Waals surface area (Å²) in [5.74, 6) is 3.35. The van der Waals surface area contributed by atoms with Crippen LogP contribution < -0.4 is 5.32 Å². The maximum atomic E-state index is 5.91. The third kappa shape index (κ3) is 3.20. The Hall–Kier alpha value is -2.18. The van der Waals surface area contributed by atoms with Crippen molar-refractivity contribution in [3.63, 3.8) is 0 Å². The molecule has 24 heavy (non-hydrogen) atoms. The van der Waals surface area contributed by atoms with E-state index >= 15 is 0 Å². The van der Waals surface area contributed by atoms with Crippen molar-refractivity contribution in [2.75, 3.05) is 0 Å². The normalized spacial score (nSPS) is 17.0. The van der Waals surface area contributed by atoms with E-state index in [-0.39, 0.29) is 0 Å². The van der Waals surface area contributed by atoms with Crippen molar-refractivity contribution in [2.24, 2.45) is 0 Å². The second kappa shape index (κ2) is 6.37. The molecule has 0 saturated carbocycles. The number of aromatic nitrogens is 4. The summed E-state index contributed by atoms with van der Waals surface area (Å²) >= 11 is 5.91. The highest BCUT2D eigenvalue weighted by Gasteiger charge is 2.21. The number of oxazole rings is 1. The zero-order valence-corrected chi connectivity index (χ0v) is 14.1. The number of hydrogen-bond acceptors (Lipinski definition) is 5. The Morgan fingerprint density at radius 2 is 2.17 bits per heavy atom. The average Bonchev–Trinajstić information content (AvgIpc) is 3.18. The molecule has 1 aliphatic rings. The Labute approximate surface area is 144 Å². The van der Waals surface area contributed by atoms with Crippen molar-refractivity contribution < 1.29 is 4.42 Å². The first-order chi connectivity index (χ1) is 11.7. The highest BCUT2D eigenvalue weighted by molar-refractivity contribution is 6.30. The summed E-state index contributed by atoms with van der Waals surface area (Å²) in [6.07, 6.45) is 3.74. The first-order valence-corrected chi connectivity index (χ1v) is 8.39. The molecule has 0 saturated heterocycles. The van der Waals surface area contributed by atoms with Crippen LogP contribution >= 0.6 is 11.6 Å². The van der Waals surface area contributed by atoms with E-state index in [1.54, 1.807) is 6.20 Å². The fraction of sp³-hybridized carbons (Fsp3) is 0.353. The van der Waals surface area contributed by atoms with Gasteiger partial charge in [0, 0.05) is 23.0 Å². The van der Waals surface area contributed by atoms with Crippen LogP contribution in [0.25, 0.3) is 11.3 Å². The van der Waals surface area contributed by atoms with Crippen LogP contribution in [0.2, 0.25) is 5.02 Å². The minimum Gasteiger partial charge on any atom is -0.439 e. The molecule has 0 spiro atoms. The molecule has 2 aromatic heterocycles. The number of halogens is 1. The summed E-state index contributed by atoms with van der Waals surface area (Å²) in [6.45, 7) is 3.36. The highest BCUT2D eigenvalue weighted by Crippen LogP contribution is 2.22. The van der Waals surface area contributed by atoms with Gasteiger partial charge in [0.15, 0.2) is 5.76 Å². The lowest BCUT2D eigenvalue weighted by Crippen LogP contribution is -2.37. The second-order valence-corrected chi connectivity index (χ2v) is 6.44. The number of benzene rings is 1. The van der Waals surface area contributed by atoms with Crippen molar-refractivity contribution in [2.45, 2.75) is 38.9 Å². The van der Waals surface area contributed by atoms with Crippen molar-refractivity contribution in [1.82, 2.24) is 25.1 Å². The predicted molar refractivity (Wildman–Crippen MR) is 90.7 cm³/mol. The lowest BCUT2D eigenvalue weighted by Gasteiger charge is -2.22. The molecule has 0 aliphatic carbocycles. The van der Waals surface area contributed by atoms with E-state index in [1.807, 2.05) is 35.9 Å². The van der Waals surface area contributed by atoms with Gasteiger partial charge in [0.05, 0.1) is 19.3 Å². The van der Waals surface area contributed by atoms with Gasteiger partial charge in [0.1, 0.15) is 11.6 Å². The third-order valence-corrected chi connectivity index (χ3v) is 4.44. The largest absolute Gasteiger partial charge is 0.439 e. The van der Waals surface area contributed by atoms with Gasteiger partial charge in [-0.25, -0.2) is 14.6 Å². The summed E-state index contributed by atoms with van der Waals surface area (Å²) in [7, 11) is 0. The fourth-order valence-corrected chi connectivity index (χ4v) is 3.10. The topological polar surface area (TPSA) is 68.8 Å². The van der Waals surface area contributed by atoms with Crippen molar-refractivity contribution in [1.29, 1.82) is 0 Å². The molecule has 4 rings (SSSR count). The fourth-order valence-electron chi connectivity index (χ4n) is 2.97. The van der Waals surface area contributed by atoms with E-state index in [0.29, 0.717) is 23.5 Å². The van der Waals surface area contributed by atoms with E-state index < -0.39 is 0 Å². The molecule has 124 valence electrons. The van der Waals surface area contributed by atoms with Crippen LogP contribution in [-0.4, -0.2) is 25.8 Å². The lowest BCUT2D eigenvalue weighted by molar-refractivity contribution is 0.342. The Kier molecular flexibility index (Phi) is 4.08. The Bertz CT molecular complexity index is 839. The Morgan fingerprint density at radius 1 is 1.33 bits per heavy atom. The predicted octanol–water partition coefficient (Wildman–Crippen LogP) is 3.00. The van der Waals surface area contributed by atoms with Crippen LogP contribution in [0.15, 0.2) is 34.9 Å². The van der Waals surface area contributed by atoms with Gasteiger partial charge < -0.3 is 9.73 Å². The molecule has 6 nitrogen and oxygen atoms in total. The number of fused-ring (bicyclic) bond motifs is 1. The monoisotopic (exact) mass is 343 g/mol. The van der Waals surface area contributed by atoms with Gasteiger partial charge >= 0.3 is 0 Å². The van der Waals surface area contributed by atoms with Crippen LogP contribution in [-0.2, 0) is 19.5 Å². The number of nitrogens with zero attached hydrogens (tertiary/aromatic N) is 4. The zero-order valence-electron chi connectivity index (χ0n) is 13.4. The molecule has 1 aliphatic heterocycles. The summed E-state index contributed by atoms with van der Waals surface area (Å²) in [6, 6.07) is 7.89. The van der Waals surface area contributed by atoms with Gasteiger partial charge in [-0.3, -0.25) is 0 Å². The van der Waals surface area contributed by atoms with Crippen LogP contribution in [0.5, 0.6) is 0 Å². The first-order valence-electron chi connectivity index (χ1n) is 8.02. The minimum atomic E-state index is 0.351. The molecule has 0 radical (unpaired) electrons. The first kappa shape index (κ1) is 15.4. The van der Waals surface area contributed by atoms with E-state index in [2.05, 4.69) is 20.4 Å². The van der Waals surface area contributed by atoms with Gasteiger partial charge in [-0.1, -0.05) is 11.6 Å². The van der Waals surface area contributed by atoms with Crippen molar-refractivity contribution >= 4 is 11.6 Å². The third-order valence-electron chi connectivity index (χ3n) is 4.19. The molecule has 0 amide bonds. The molecule has 0 bridgehead atoms. The van der Waals surface area contributed by atoms with Crippen molar-refractivity contribution in [3.8, 4) is 11.3 Å². The molecule has 1 atom stereocenters. The van der Waals surface area contributed by atoms with E-state index in [0.717, 1.165) is 42.4 Å². The van der Waals surface area contributed by atoms with Crippen molar-refractivity contribution in [3.05, 3.63) is 53.0 Å². The Morgan fingerprint density at radius 3 is 3.00 bits per heavy atom. The van der Waals surface area contributed by atoms with Gasteiger partial charge in [-0.2, -0.15) is 5.10 Å². The van der Waals surface area contributed by atoms with Crippen LogP contribution in [0.1, 0.15) is 24.0 Å². The quantitative estimate of drug-likeness (QED) is 0.788. The van der Waals surface area contributed by atoms with Crippen LogP contribution in [0.4, 0.5) is 0 Å². The molecule has 0 fully saturated rings. The molecule has 3 aromatic rings. The number of rotatable bonds is 4. The van der Waals surface area contributed by atoms with E-state index in [4.69, 9.17) is 16.0 Å². The molecular formula is C17H18ClN5O. The SMILES string of the molecule is Cc1nc2n(n1)C[C@@H](NCc1ncc(-c3ccc(Cl)cc3)o1)CC2. The average molecular weight is 344 g/mol. The molecule has 7 heteroatoms. The van der Waals surface area contributed by atoms with Gasteiger partial charge in [-0.15, -0.1) is 0 Å². The van der Waals surface area contributed by atoms with Crippen LogP contribution in [0, 0.1) is 6.92 Å². The summed E-state index contributed by atoms with van der Waals surface area (Å²) in [5, 5.41) is 8.63. The molecule has 1 N–H and O–H groups in total. The van der Waals surface area contributed by atoms with Crippen LogP contribution in [0.3, 0.4) is 0 Å². The molecule has 3 heterocycles. The molecule has 0 unspecified atom stereocenters. The van der Waals surface area contributed by atoms with E-state index in [1.165, 1.54) is 0 Å². The summed E-state index contributed by atoms with van der Waals surface area (Å²) < 4.78 is 7.81. The highest BCUT2D eigenvalue weighted by atomic mass is 35.5. The van der Waals surface area contributed by atoms with Gasteiger partial charge in [-0.05, 0) is 37.6 Å². The minimum absolute atomic E-state index is 0.351. The second-order valence-electron chi connectivity index (χ2n) is 6.00. The van der Waals surface area contributed by atoms with E-state index in [9.17, 15) is 0 Å². The Balaban J connectivity index is 1.38. The smallest absolute Gasteiger partial charge is 0.208 e. The zero-order chi connectivity index (χ0) is 16.5. The summed E-state index contributed by atoms with van der Waals surface area (Å²) in [5.41, 5.74) is 0.971.